The highest BCUT2D eigenvalue weighted by Gasteiger charge is 2.31. The van der Waals surface area contributed by atoms with Gasteiger partial charge in [0, 0.05) is 28.8 Å². The molecule has 0 aliphatic carbocycles. The molecule has 1 aliphatic rings. The summed E-state index contributed by atoms with van der Waals surface area (Å²) in [6, 6.07) is 16.8. The molecule has 0 unspecified atom stereocenters. The summed E-state index contributed by atoms with van der Waals surface area (Å²) in [6.45, 7) is 1.77. The van der Waals surface area contributed by atoms with Gasteiger partial charge in [0.1, 0.15) is 11.4 Å². The van der Waals surface area contributed by atoms with Crippen LogP contribution in [0.2, 0.25) is 0 Å². The molecule has 0 radical (unpaired) electrons. The number of nitrogens with one attached hydrogen (secondary N) is 1. The van der Waals surface area contributed by atoms with Crippen LogP contribution in [0, 0.1) is 0 Å². The van der Waals surface area contributed by atoms with Crippen LogP contribution in [0.25, 0.3) is 33.3 Å². The molecule has 0 amide bonds. The van der Waals surface area contributed by atoms with Gasteiger partial charge < -0.3 is 10.1 Å². The van der Waals surface area contributed by atoms with Gasteiger partial charge in [-0.2, -0.15) is 13.2 Å². The minimum atomic E-state index is -4.42. The van der Waals surface area contributed by atoms with E-state index in [4.69, 9.17) is 9.72 Å². The summed E-state index contributed by atoms with van der Waals surface area (Å²) < 4.78 is 46.0. The van der Waals surface area contributed by atoms with E-state index in [0.29, 0.717) is 22.5 Å². The first kappa shape index (κ1) is 22.3. The number of benzene rings is 2. The number of alkyl halides is 3. The number of halogens is 3. The Morgan fingerprint density at radius 3 is 2.50 bits per heavy atom. The molecular weight excluding hydrogens is 439 g/mol. The molecule has 5 rings (SSSR count). The van der Waals surface area contributed by atoms with Gasteiger partial charge in [0.15, 0.2) is 0 Å². The van der Waals surface area contributed by atoms with E-state index in [1.165, 1.54) is 12.1 Å². The number of pyridine rings is 2. The van der Waals surface area contributed by atoms with Gasteiger partial charge in [-0.1, -0.05) is 24.3 Å². The van der Waals surface area contributed by atoms with Crippen LogP contribution in [0.5, 0.6) is 5.75 Å². The Bertz CT molecular complexity index is 1330. The quantitative estimate of drug-likeness (QED) is 0.377. The molecule has 7 heteroatoms. The molecule has 1 saturated heterocycles. The number of para-hydroxylation sites is 1. The zero-order valence-corrected chi connectivity index (χ0v) is 18.7. The summed E-state index contributed by atoms with van der Waals surface area (Å²) >= 11 is 0. The Balaban J connectivity index is 1.78. The van der Waals surface area contributed by atoms with Gasteiger partial charge in [0.05, 0.1) is 18.2 Å². The van der Waals surface area contributed by atoms with Gasteiger partial charge in [0.25, 0.3) is 0 Å². The highest BCUT2D eigenvalue weighted by molar-refractivity contribution is 6.01. The topological polar surface area (TPSA) is 47.0 Å². The van der Waals surface area contributed by atoms with Crippen LogP contribution in [-0.2, 0) is 6.18 Å². The number of piperidine rings is 1. The summed E-state index contributed by atoms with van der Waals surface area (Å²) in [5.74, 6) is 0.887. The standard InChI is InChI=1S/C27H24F3N3O/c1-34-24-8-3-2-7-21(24)25-26-20(11-14-32-25)22(16-23(33-26)17-9-12-31-13-10-17)18-5-4-6-19(15-18)27(28,29)30/h2-8,11,14-17,31H,9-10,12-13H2,1H3. The number of hydrogen-bond donors (Lipinski definition) is 1. The lowest BCUT2D eigenvalue weighted by Gasteiger charge is -2.24. The van der Waals surface area contributed by atoms with Crippen molar-refractivity contribution in [1.29, 1.82) is 0 Å². The average molecular weight is 464 g/mol. The maximum atomic E-state index is 13.5. The van der Waals surface area contributed by atoms with E-state index in [1.54, 1.807) is 19.4 Å². The van der Waals surface area contributed by atoms with E-state index in [-0.39, 0.29) is 5.92 Å². The van der Waals surface area contributed by atoms with E-state index < -0.39 is 11.7 Å². The third-order valence-electron chi connectivity index (χ3n) is 6.37. The van der Waals surface area contributed by atoms with Gasteiger partial charge in [-0.3, -0.25) is 9.97 Å². The first-order valence-electron chi connectivity index (χ1n) is 11.3. The van der Waals surface area contributed by atoms with Crippen molar-refractivity contribution < 1.29 is 17.9 Å². The fourth-order valence-corrected chi connectivity index (χ4v) is 4.64. The van der Waals surface area contributed by atoms with Gasteiger partial charge >= 0.3 is 6.18 Å². The lowest BCUT2D eigenvalue weighted by molar-refractivity contribution is -0.137. The number of aromatic nitrogens is 2. The Kier molecular flexibility index (Phi) is 5.96. The molecule has 1 fully saturated rings. The van der Waals surface area contributed by atoms with Gasteiger partial charge in [-0.05, 0) is 73.5 Å². The number of rotatable bonds is 4. The van der Waals surface area contributed by atoms with Crippen LogP contribution in [0.3, 0.4) is 0 Å². The second-order valence-electron chi connectivity index (χ2n) is 8.45. The molecule has 1 N–H and O–H groups in total. The summed E-state index contributed by atoms with van der Waals surface area (Å²) in [4.78, 5) is 9.67. The zero-order valence-electron chi connectivity index (χ0n) is 18.7. The van der Waals surface area contributed by atoms with Crippen molar-refractivity contribution in [2.24, 2.45) is 0 Å². The van der Waals surface area contributed by atoms with E-state index in [2.05, 4.69) is 10.3 Å². The highest BCUT2D eigenvalue weighted by atomic mass is 19.4. The van der Waals surface area contributed by atoms with Crippen molar-refractivity contribution in [1.82, 2.24) is 15.3 Å². The second-order valence-corrected chi connectivity index (χ2v) is 8.45. The summed E-state index contributed by atoms with van der Waals surface area (Å²) in [5, 5.41) is 4.12. The number of hydrogen-bond acceptors (Lipinski definition) is 4. The van der Waals surface area contributed by atoms with Crippen molar-refractivity contribution in [2.45, 2.75) is 24.9 Å². The van der Waals surface area contributed by atoms with Crippen LogP contribution < -0.4 is 10.1 Å². The Morgan fingerprint density at radius 1 is 0.941 bits per heavy atom. The van der Waals surface area contributed by atoms with E-state index in [1.807, 2.05) is 36.4 Å². The van der Waals surface area contributed by atoms with Crippen LogP contribution in [-0.4, -0.2) is 30.2 Å². The van der Waals surface area contributed by atoms with Gasteiger partial charge in [-0.25, -0.2) is 0 Å². The van der Waals surface area contributed by atoms with Gasteiger partial charge in [-0.15, -0.1) is 0 Å². The highest BCUT2D eigenvalue weighted by Crippen LogP contribution is 2.40. The minimum Gasteiger partial charge on any atom is -0.496 e. The molecule has 34 heavy (non-hydrogen) atoms. The molecule has 0 bridgehead atoms. The third kappa shape index (κ3) is 4.23. The summed E-state index contributed by atoms with van der Waals surface area (Å²) in [6.07, 6.45) is -0.899. The lowest BCUT2D eigenvalue weighted by atomic mass is 9.90. The van der Waals surface area contributed by atoms with Crippen LogP contribution in [0.1, 0.15) is 30.0 Å². The molecule has 2 aromatic carbocycles. The molecule has 1 aliphatic heterocycles. The first-order valence-corrected chi connectivity index (χ1v) is 11.3. The molecule has 0 saturated carbocycles. The Morgan fingerprint density at radius 2 is 1.74 bits per heavy atom. The largest absolute Gasteiger partial charge is 0.496 e. The minimum absolute atomic E-state index is 0.223. The molecule has 4 aromatic rings. The van der Waals surface area contributed by atoms with E-state index >= 15 is 0 Å². The predicted octanol–water partition coefficient (Wildman–Crippen LogP) is 6.46. The van der Waals surface area contributed by atoms with E-state index in [0.717, 1.165) is 54.2 Å². The number of methoxy groups -OCH3 is 1. The maximum absolute atomic E-state index is 13.5. The molecule has 2 aromatic heterocycles. The predicted molar refractivity (Wildman–Crippen MR) is 127 cm³/mol. The first-order chi connectivity index (χ1) is 16.5. The molecule has 4 nitrogen and oxygen atoms in total. The van der Waals surface area contributed by atoms with Crippen LogP contribution >= 0.6 is 0 Å². The summed E-state index contributed by atoms with van der Waals surface area (Å²) in [5.41, 5.74) is 3.55. The Labute approximate surface area is 195 Å². The smallest absolute Gasteiger partial charge is 0.416 e. The van der Waals surface area contributed by atoms with Gasteiger partial charge in [0.2, 0.25) is 0 Å². The molecule has 0 spiro atoms. The average Bonchev–Trinajstić information content (AvgIpc) is 2.87. The van der Waals surface area contributed by atoms with E-state index in [9.17, 15) is 13.2 Å². The molecule has 174 valence electrons. The van der Waals surface area contributed by atoms with Crippen molar-refractivity contribution in [3.05, 3.63) is 78.1 Å². The molecule has 0 atom stereocenters. The normalized spacial score (nSPS) is 14.9. The third-order valence-corrected chi connectivity index (χ3v) is 6.37. The lowest BCUT2D eigenvalue weighted by Crippen LogP contribution is -2.27. The molecular formula is C27H24F3N3O. The van der Waals surface area contributed by atoms with Crippen LogP contribution in [0.15, 0.2) is 66.9 Å². The second kappa shape index (κ2) is 9.06. The zero-order chi connectivity index (χ0) is 23.7. The number of fused-ring (bicyclic) bond motifs is 1. The summed E-state index contributed by atoms with van der Waals surface area (Å²) in [7, 11) is 1.60. The SMILES string of the molecule is COc1ccccc1-c1nccc2c(-c3cccc(C(F)(F)F)c3)cc(C3CCNCC3)nc12. The van der Waals surface area contributed by atoms with Crippen molar-refractivity contribution in [3.63, 3.8) is 0 Å². The molecule has 3 heterocycles. The van der Waals surface area contributed by atoms with Crippen molar-refractivity contribution in [2.75, 3.05) is 20.2 Å². The fourth-order valence-electron chi connectivity index (χ4n) is 4.64. The van der Waals surface area contributed by atoms with Crippen LogP contribution in [0.4, 0.5) is 13.2 Å². The fraction of sp³-hybridized carbons (Fsp3) is 0.259. The number of ether oxygens (including phenoxy) is 1. The van der Waals surface area contributed by atoms with Crippen molar-refractivity contribution in [3.8, 4) is 28.1 Å². The monoisotopic (exact) mass is 463 g/mol. The van der Waals surface area contributed by atoms with Crippen molar-refractivity contribution >= 4 is 10.9 Å². The Hall–Kier alpha value is -3.45. The number of nitrogens with zero attached hydrogens (tertiary/aromatic N) is 2. The maximum Gasteiger partial charge on any atom is 0.416 e.